The highest BCUT2D eigenvalue weighted by Crippen LogP contribution is 2.30. The van der Waals surface area contributed by atoms with Crippen LogP contribution in [0.25, 0.3) is 10.9 Å². The van der Waals surface area contributed by atoms with Gasteiger partial charge in [0.1, 0.15) is 5.82 Å². The van der Waals surface area contributed by atoms with E-state index in [4.69, 9.17) is 23.2 Å². The van der Waals surface area contributed by atoms with Gasteiger partial charge in [0.05, 0.1) is 21.1 Å². The fourth-order valence-corrected chi connectivity index (χ4v) is 3.53. The molecule has 3 rings (SSSR count). The smallest absolute Gasteiger partial charge is 0.412 e. The molecule has 2 N–H and O–H groups in total. The zero-order valence-corrected chi connectivity index (χ0v) is 17.0. The summed E-state index contributed by atoms with van der Waals surface area (Å²) in [6.07, 6.45) is 1.71. The molecule has 1 aromatic carbocycles. The van der Waals surface area contributed by atoms with E-state index in [-0.39, 0.29) is 32.9 Å². The van der Waals surface area contributed by atoms with Gasteiger partial charge in [-0.05, 0) is 31.2 Å². The molecule has 0 spiro atoms. The van der Waals surface area contributed by atoms with Crippen LogP contribution < -0.4 is 10.2 Å². The van der Waals surface area contributed by atoms with E-state index in [0.29, 0.717) is 17.4 Å². The molecule has 0 bridgehead atoms. The van der Waals surface area contributed by atoms with Gasteiger partial charge in [-0.15, -0.1) is 0 Å². The first-order chi connectivity index (χ1) is 13.8. The molecule has 2 heterocycles. The summed E-state index contributed by atoms with van der Waals surface area (Å²) in [4.78, 5) is 41.5. The van der Waals surface area contributed by atoms with E-state index in [1.54, 1.807) is 19.1 Å². The number of nitrogens with one attached hydrogen (secondary N) is 1. The van der Waals surface area contributed by atoms with Gasteiger partial charge >= 0.3 is 6.09 Å². The van der Waals surface area contributed by atoms with E-state index in [9.17, 15) is 19.5 Å². The fraction of sp³-hybridized carbons (Fsp3) is 0.158. The third kappa shape index (κ3) is 3.76. The molecule has 0 aliphatic rings. The SMILES string of the molecule is CCNC(=O)c1cc(Cl)c(C(=O)n2ccc3c(N(C)C(=O)O)nccc32)c(Cl)c1. The largest absolute Gasteiger partial charge is 0.465 e. The van der Waals surface area contributed by atoms with Crippen molar-refractivity contribution in [1.82, 2.24) is 14.9 Å². The second-order valence-corrected chi connectivity index (χ2v) is 6.89. The van der Waals surface area contributed by atoms with E-state index in [0.717, 1.165) is 4.90 Å². The van der Waals surface area contributed by atoms with Crippen molar-refractivity contribution in [2.24, 2.45) is 0 Å². The van der Waals surface area contributed by atoms with E-state index < -0.39 is 12.0 Å². The fourth-order valence-electron chi connectivity index (χ4n) is 2.88. The molecule has 0 saturated heterocycles. The van der Waals surface area contributed by atoms with Crippen molar-refractivity contribution >= 4 is 57.8 Å². The Balaban J connectivity index is 2.08. The number of nitrogens with zero attached hydrogens (tertiary/aromatic N) is 3. The number of carbonyl (C=O) groups excluding carboxylic acids is 2. The van der Waals surface area contributed by atoms with Crippen LogP contribution in [-0.2, 0) is 0 Å². The van der Waals surface area contributed by atoms with Crippen LogP contribution in [0.5, 0.6) is 0 Å². The highest BCUT2D eigenvalue weighted by atomic mass is 35.5. The maximum absolute atomic E-state index is 13.1. The Kier molecular flexibility index (Phi) is 5.76. The number of hydrogen-bond acceptors (Lipinski definition) is 4. The molecule has 0 atom stereocenters. The van der Waals surface area contributed by atoms with Gasteiger partial charge in [-0.3, -0.25) is 19.1 Å². The number of fused-ring (bicyclic) bond motifs is 1. The molecule has 150 valence electrons. The summed E-state index contributed by atoms with van der Waals surface area (Å²) in [5.41, 5.74) is 0.710. The Bertz CT molecular complexity index is 1120. The second-order valence-electron chi connectivity index (χ2n) is 6.07. The van der Waals surface area contributed by atoms with E-state index in [1.807, 2.05) is 0 Å². The molecular formula is C19H16Cl2N4O4. The number of aromatic nitrogens is 2. The molecule has 10 heteroatoms. The zero-order chi connectivity index (χ0) is 21.3. The summed E-state index contributed by atoms with van der Waals surface area (Å²) in [7, 11) is 1.36. The third-order valence-electron chi connectivity index (χ3n) is 4.27. The third-order valence-corrected chi connectivity index (χ3v) is 4.87. The molecule has 2 aromatic heterocycles. The van der Waals surface area contributed by atoms with Crippen LogP contribution in [0.15, 0.2) is 36.7 Å². The summed E-state index contributed by atoms with van der Waals surface area (Å²) < 4.78 is 1.30. The first kappa shape index (κ1) is 20.6. The predicted molar refractivity (Wildman–Crippen MR) is 110 cm³/mol. The summed E-state index contributed by atoms with van der Waals surface area (Å²) in [5, 5.41) is 12.4. The number of rotatable bonds is 4. The van der Waals surface area contributed by atoms with Crippen molar-refractivity contribution in [2.45, 2.75) is 6.92 Å². The van der Waals surface area contributed by atoms with Crippen LogP contribution in [0, 0.1) is 0 Å². The van der Waals surface area contributed by atoms with Crippen LogP contribution in [0.2, 0.25) is 10.0 Å². The summed E-state index contributed by atoms with van der Waals surface area (Å²) >= 11 is 12.5. The number of hydrogen-bond donors (Lipinski definition) is 2. The lowest BCUT2D eigenvalue weighted by Gasteiger charge is -2.14. The standard InChI is InChI=1S/C19H16Cl2N4O4/c1-3-22-17(26)10-8-12(20)15(13(21)9-10)18(27)25-7-5-11-14(25)4-6-23-16(11)24(2)19(28)29/h4-9H,3H2,1-2H3,(H,22,26)(H,28,29). The zero-order valence-electron chi connectivity index (χ0n) is 15.4. The second kappa shape index (κ2) is 8.10. The average Bonchev–Trinajstić information content (AvgIpc) is 3.11. The molecule has 0 aliphatic heterocycles. The van der Waals surface area contributed by atoms with Crippen LogP contribution in [0.4, 0.5) is 10.6 Å². The Morgan fingerprint density at radius 3 is 2.45 bits per heavy atom. The van der Waals surface area contributed by atoms with Gasteiger partial charge in [-0.1, -0.05) is 23.2 Å². The molecule has 0 fully saturated rings. The van der Waals surface area contributed by atoms with Crippen molar-refractivity contribution in [3.8, 4) is 0 Å². The van der Waals surface area contributed by atoms with Crippen LogP contribution in [0.3, 0.4) is 0 Å². The minimum Gasteiger partial charge on any atom is -0.465 e. The number of pyridine rings is 1. The van der Waals surface area contributed by atoms with E-state index >= 15 is 0 Å². The average molecular weight is 435 g/mol. The maximum atomic E-state index is 13.1. The highest BCUT2D eigenvalue weighted by Gasteiger charge is 2.22. The monoisotopic (exact) mass is 434 g/mol. The van der Waals surface area contributed by atoms with Gasteiger partial charge < -0.3 is 10.4 Å². The normalized spacial score (nSPS) is 10.8. The van der Waals surface area contributed by atoms with Crippen LogP contribution in [0.1, 0.15) is 27.6 Å². The van der Waals surface area contributed by atoms with Crippen molar-refractivity contribution < 1.29 is 19.5 Å². The Morgan fingerprint density at radius 1 is 1.21 bits per heavy atom. The Hall–Kier alpha value is -3.10. The molecular weight excluding hydrogens is 419 g/mol. The van der Waals surface area contributed by atoms with Crippen molar-refractivity contribution in [3.63, 3.8) is 0 Å². The lowest BCUT2D eigenvalue weighted by molar-refractivity contribution is 0.0947. The van der Waals surface area contributed by atoms with Crippen LogP contribution in [-0.4, -0.2) is 46.2 Å². The van der Waals surface area contributed by atoms with Gasteiger partial charge in [0.15, 0.2) is 0 Å². The number of carbonyl (C=O) groups is 3. The number of anilines is 1. The lowest BCUT2D eigenvalue weighted by atomic mass is 10.1. The van der Waals surface area contributed by atoms with Crippen molar-refractivity contribution in [1.29, 1.82) is 0 Å². The lowest BCUT2D eigenvalue weighted by Crippen LogP contribution is -2.25. The number of carboxylic acid groups (broad SMARTS) is 1. The first-order valence-electron chi connectivity index (χ1n) is 8.50. The summed E-state index contributed by atoms with van der Waals surface area (Å²) in [5.74, 6) is -0.688. The van der Waals surface area contributed by atoms with Gasteiger partial charge in [0.25, 0.3) is 11.8 Å². The first-order valence-corrected chi connectivity index (χ1v) is 9.26. The number of halogens is 2. The summed E-state index contributed by atoms with van der Waals surface area (Å²) in [6, 6.07) is 5.92. The predicted octanol–water partition coefficient (Wildman–Crippen LogP) is 3.90. The molecule has 0 unspecified atom stereocenters. The molecule has 0 aliphatic carbocycles. The molecule has 3 aromatic rings. The molecule has 2 amide bonds. The van der Waals surface area contributed by atoms with Gasteiger partial charge in [-0.25, -0.2) is 9.78 Å². The van der Waals surface area contributed by atoms with Crippen molar-refractivity contribution in [3.05, 3.63) is 57.8 Å². The molecule has 0 saturated carbocycles. The summed E-state index contributed by atoms with van der Waals surface area (Å²) in [6.45, 7) is 2.21. The van der Waals surface area contributed by atoms with E-state index in [1.165, 1.54) is 36.1 Å². The highest BCUT2D eigenvalue weighted by molar-refractivity contribution is 6.40. The maximum Gasteiger partial charge on any atom is 0.412 e. The van der Waals surface area contributed by atoms with E-state index in [2.05, 4.69) is 10.3 Å². The number of benzene rings is 1. The van der Waals surface area contributed by atoms with Gasteiger partial charge in [0.2, 0.25) is 0 Å². The van der Waals surface area contributed by atoms with Crippen LogP contribution >= 0.6 is 23.2 Å². The molecule has 29 heavy (non-hydrogen) atoms. The van der Waals surface area contributed by atoms with Crippen molar-refractivity contribution in [2.75, 3.05) is 18.5 Å². The van der Waals surface area contributed by atoms with Gasteiger partial charge in [0, 0.05) is 36.9 Å². The quantitative estimate of drug-likeness (QED) is 0.647. The topological polar surface area (TPSA) is 105 Å². The van der Waals surface area contributed by atoms with Gasteiger partial charge in [-0.2, -0.15) is 0 Å². The molecule has 8 nitrogen and oxygen atoms in total. The number of amides is 2. The minimum atomic E-state index is -1.18. The minimum absolute atomic E-state index is 0.0301. The Morgan fingerprint density at radius 2 is 1.86 bits per heavy atom. The Labute approximate surface area is 175 Å². The molecule has 0 radical (unpaired) electrons.